The minimum Gasteiger partial charge on any atom is -0.327 e. The predicted molar refractivity (Wildman–Crippen MR) is 76.8 cm³/mol. The van der Waals surface area contributed by atoms with Gasteiger partial charge in [-0.15, -0.1) is 0 Å². The van der Waals surface area contributed by atoms with E-state index in [1.54, 1.807) is 0 Å². The van der Waals surface area contributed by atoms with E-state index in [1.807, 2.05) is 0 Å². The number of hydrogen-bond acceptors (Lipinski definition) is 2. The number of rotatable bonds is 1. The standard InChI is InChI=1S/C14H19N3S/c1-15-13(18)16(2)17-11-7-6-10-14(15,17)12-8-4-3-5-9-12/h3-5,8-9H,6-7,10-11H2,1-2H3. The van der Waals surface area contributed by atoms with Gasteiger partial charge in [0.05, 0.1) is 0 Å². The zero-order valence-corrected chi connectivity index (χ0v) is 11.8. The van der Waals surface area contributed by atoms with Gasteiger partial charge >= 0.3 is 0 Å². The van der Waals surface area contributed by atoms with E-state index in [0.717, 1.165) is 18.1 Å². The zero-order valence-electron chi connectivity index (χ0n) is 11.0. The van der Waals surface area contributed by atoms with Gasteiger partial charge in [0, 0.05) is 20.6 Å². The van der Waals surface area contributed by atoms with Crippen molar-refractivity contribution in [2.24, 2.45) is 0 Å². The molecule has 2 aliphatic heterocycles. The van der Waals surface area contributed by atoms with Gasteiger partial charge in [0.1, 0.15) is 5.66 Å². The molecule has 0 radical (unpaired) electrons. The fourth-order valence-corrected chi connectivity index (χ4v) is 3.61. The highest BCUT2D eigenvalue weighted by atomic mass is 32.1. The van der Waals surface area contributed by atoms with Gasteiger partial charge in [0.25, 0.3) is 0 Å². The molecule has 1 aromatic rings. The fourth-order valence-electron chi connectivity index (χ4n) is 3.36. The van der Waals surface area contributed by atoms with Gasteiger partial charge in [0.2, 0.25) is 0 Å². The Kier molecular flexibility index (Phi) is 2.79. The molecule has 18 heavy (non-hydrogen) atoms. The van der Waals surface area contributed by atoms with E-state index in [-0.39, 0.29) is 5.66 Å². The van der Waals surface area contributed by atoms with Crippen molar-refractivity contribution in [1.82, 2.24) is 14.9 Å². The molecule has 0 saturated carbocycles. The average Bonchev–Trinajstić information content (AvgIpc) is 2.63. The predicted octanol–water partition coefficient (Wildman–Crippen LogP) is 2.40. The molecule has 1 aromatic carbocycles. The molecule has 0 aromatic heterocycles. The van der Waals surface area contributed by atoms with Gasteiger partial charge in [-0.2, -0.15) is 5.01 Å². The van der Waals surface area contributed by atoms with Crippen LogP contribution in [-0.2, 0) is 5.66 Å². The van der Waals surface area contributed by atoms with Crippen LogP contribution in [0.2, 0.25) is 0 Å². The first-order valence-corrected chi connectivity index (χ1v) is 6.93. The Bertz CT molecular complexity index is 461. The third-order valence-corrected chi connectivity index (χ3v) is 4.83. The molecule has 0 aliphatic carbocycles. The number of thiocarbonyl (C=S) groups is 1. The highest BCUT2D eigenvalue weighted by Gasteiger charge is 2.52. The number of fused-ring (bicyclic) bond motifs is 1. The summed E-state index contributed by atoms with van der Waals surface area (Å²) in [6.07, 6.45) is 3.64. The summed E-state index contributed by atoms with van der Waals surface area (Å²) in [5.74, 6) is 0. The lowest BCUT2D eigenvalue weighted by atomic mass is 9.89. The second-order valence-corrected chi connectivity index (χ2v) is 5.49. The van der Waals surface area contributed by atoms with Crippen LogP contribution in [0.15, 0.2) is 30.3 Å². The van der Waals surface area contributed by atoms with E-state index in [2.05, 4.69) is 59.3 Å². The van der Waals surface area contributed by atoms with Crippen LogP contribution in [0.4, 0.5) is 0 Å². The lowest BCUT2D eigenvalue weighted by Gasteiger charge is -2.46. The molecule has 0 spiro atoms. The summed E-state index contributed by atoms with van der Waals surface area (Å²) in [6, 6.07) is 10.7. The third kappa shape index (κ3) is 1.42. The highest BCUT2D eigenvalue weighted by Crippen LogP contribution is 2.45. The number of piperidine rings is 1. The molecule has 0 N–H and O–H groups in total. The van der Waals surface area contributed by atoms with Gasteiger partial charge in [-0.25, -0.2) is 0 Å². The smallest absolute Gasteiger partial charge is 0.187 e. The van der Waals surface area contributed by atoms with E-state index in [1.165, 1.54) is 18.4 Å². The molecule has 96 valence electrons. The minimum atomic E-state index is -0.0641. The van der Waals surface area contributed by atoms with Crippen LogP contribution in [0.25, 0.3) is 0 Å². The Labute approximate surface area is 114 Å². The molecular weight excluding hydrogens is 242 g/mol. The van der Waals surface area contributed by atoms with Crippen LogP contribution in [0.1, 0.15) is 24.8 Å². The molecule has 2 aliphatic rings. The summed E-state index contributed by atoms with van der Waals surface area (Å²) in [7, 11) is 4.20. The van der Waals surface area contributed by atoms with Crippen molar-refractivity contribution in [2.75, 3.05) is 20.6 Å². The van der Waals surface area contributed by atoms with Crippen molar-refractivity contribution in [3.05, 3.63) is 35.9 Å². The summed E-state index contributed by atoms with van der Waals surface area (Å²) >= 11 is 5.56. The molecule has 2 heterocycles. The van der Waals surface area contributed by atoms with Crippen LogP contribution in [0, 0.1) is 0 Å². The summed E-state index contributed by atoms with van der Waals surface area (Å²) in [6.45, 7) is 1.08. The summed E-state index contributed by atoms with van der Waals surface area (Å²) < 4.78 is 0. The highest BCUT2D eigenvalue weighted by molar-refractivity contribution is 7.80. The van der Waals surface area contributed by atoms with Gasteiger partial charge in [-0.1, -0.05) is 30.3 Å². The Morgan fingerprint density at radius 1 is 1.11 bits per heavy atom. The van der Waals surface area contributed by atoms with Crippen molar-refractivity contribution in [3.8, 4) is 0 Å². The molecular formula is C14H19N3S. The largest absolute Gasteiger partial charge is 0.327 e. The van der Waals surface area contributed by atoms with Crippen molar-refractivity contribution in [2.45, 2.75) is 24.9 Å². The van der Waals surface area contributed by atoms with Crippen LogP contribution in [0.5, 0.6) is 0 Å². The summed E-state index contributed by atoms with van der Waals surface area (Å²) in [5, 5.41) is 5.48. The third-order valence-electron chi connectivity index (χ3n) is 4.29. The average molecular weight is 261 g/mol. The van der Waals surface area contributed by atoms with Crippen LogP contribution < -0.4 is 0 Å². The molecule has 1 atom stereocenters. The molecule has 2 saturated heterocycles. The first-order valence-electron chi connectivity index (χ1n) is 6.52. The Morgan fingerprint density at radius 3 is 2.56 bits per heavy atom. The Morgan fingerprint density at radius 2 is 1.83 bits per heavy atom. The second-order valence-electron chi connectivity index (χ2n) is 5.13. The fraction of sp³-hybridized carbons (Fsp3) is 0.500. The number of hydrogen-bond donors (Lipinski definition) is 0. The molecule has 3 rings (SSSR count). The first kappa shape index (κ1) is 11.9. The van der Waals surface area contributed by atoms with Crippen molar-refractivity contribution >= 4 is 17.3 Å². The van der Waals surface area contributed by atoms with E-state index >= 15 is 0 Å². The molecule has 0 bridgehead atoms. The van der Waals surface area contributed by atoms with E-state index in [0.29, 0.717) is 0 Å². The lowest BCUT2D eigenvalue weighted by molar-refractivity contribution is -0.0843. The van der Waals surface area contributed by atoms with Crippen LogP contribution in [-0.4, -0.2) is 40.7 Å². The molecule has 0 amide bonds. The molecule has 3 nitrogen and oxygen atoms in total. The SMILES string of the molecule is CN1C(=S)N(C)C2(c3ccccc3)CCCCN12. The maximum absolute atomic E-state index is 5.56. The van der Waals surface area contributed by atoms with E-state index in [9.17, 15) is 0 Å². The zero-order chi connectivity index (χ0) is 12.8. The van der Waals surface area contributed by atoms with Crippen LogP contribution in [0.3, 0.4) is 0 Å². The quantitative estimate of drug-likeness (QED) is 0.718. The van der Waals surface area contributed by atoms with Gasteiger partial charge in [-0.3, -0.25) is 5.01 Å². The summed E-state index contributed by atoms with van der Waals surface area (Å²) in [5.41, 5.74) is 1.28. The molecule has 1 unspecified atom stereocenters. The molecule has 2 fully saturated rings. The molecule has 4 heteroatoms. The monoisotopic (exact) mass is 261 g/mol. The van der Waals surface area contributed by atoms with Crippen molar-refractivity contribution in [3.63, 3.8) is 0 Å². The van der Waals surface area contributed by atoms with E-state index in [4.69, 9.17) is 12.2 Å². The number of benzene rings is 1. The number of hydrazine groups is 1. The van der Waals surface area contributed by atoms with Crippen LogP contribution >= 0.6 is 12.2 Å². The normalized spacial score (nSPS) is 28.7. The maximum atomic E-state index is 5.56. The van der Waals surface area contributed by atoms with Gasteiger partial charge in [-0.05, 0) is 37.0 Å². The van der Waals surface area contributed by atoms with Gasteiger partial charge in [0.15, 0.2) is 5.11 Å². The summed E-state index contributed by atoms with van der Waals surface area (Å²) in [4.78, 5) is 2.26. The first-order chi connectivity index (χ1) is 8.68. The van der Waals surface area contributed by atoms with Crippen molar-refractivity contribution < 1.29 is 0 Å². The Hall–Kier alpha value is -1.13. The second kappa shape index (κ2) is 4.21. The van der Waals surface area contributed by atoms with Gasteiger partial charge < -0.3 is 4.90 Å². The van der Waals surface area contributed by atoms with E-state index < -0.39 is 0 Å². The lowest BCUT2D eigenvalue weighted by Crippen LogP contribution is -2.53. The topological polar surface area (TPSA) is 9.72 Å². The minimum absolute atomic E-state index is 0.0641. The Balaban J connectivity index is 2.13. The number of nitrogens with zero attached hydrogens (tertiary/aromatic N) is 3. The maximum Gasteiger partial charge on any atom is 0.187 e. The van der Waals surface area contributed by atoms with Crippen molar-refractivity contribution in [1.29, 1.82) is 0 Å².